The van der Waals surface area contributed by atoms with Crippen LogP contribution in [0.2, 0.25) is 0 Å². The molecule has 72 valence electrons. The maximum Gasteiger partial charge on any atom is 0.0346 e. The summed E-state index contributed by atoms with van der Waals surface area (Å²) in [6.45, 7) is 2.83. The molecule has 2 nitrogen and oxygen atoms in total. The van der Waals surface area contributed by atoms with Gasteiger partial charge in [0, 0.05) is 17.8 Å². The number of nitrogens with zero attached hydrogens (tertiary/aromatic N) is 1. The number of aromatic nitrogens is 1. The van der Waals surface area contributed by atoms with E-state index in [0.717, 1.165) is 0 Å². The van der Waals surface area contributed by atoms with Crippen LogP contribution in [0.3, 0.4) is 0 Å². The molecule has 1 aromatic carbocycles. The van der Waals surface area contributed by atoms with Crippen LogP contribution in [-0.4, -0.2) is 11.5 Å². The smallest absolute Gasteiger partial charge is 0.0346 e. The molecule has 0 bridgehead atoms. The van der Waals surface area contributed by atoms with E-state index in [-0.39, 0.29) is 0 Å². The first kappa shape index (κ1) is 9.16. The van der Waals surface area contributed by atoms with Crippen molar-refractivity contribution < 1.29 is 0 Å². The van der Waals surface area contributed by atoms with E-state index in [9.17, 15) is 0 Å². The average Bonchev–Trinajstić information content (AvgIpc) is 2.27. The van der Waals surface area contributed by atoms with Crippen LogP contribution in [0, 0.1) is 0 Å². The van der Waals surface area contributed by atoms with Crippen LogP contribution in [0.15, 0.2) is 36.7 Å². The summed E-state index contributed by atoms with van der Waals surface area (Å²) in [5.41, 5.74) is 6.93. The second-order valence-corrected chi connectivity index (χ2v) is 3.62. The van der Waals surface area contributed by atoms with Crippen molar-refractivity contribution >= 4 is 10.8 Å². The summed E-state index contributed by atoms with van der Waals surface area (Å²) < 4.78 is 0. The molecule has 0 fully saturated rings. The number of hydrogen-bond acceptors (Lipinski definition) is 2. The van der Waals surface area contributed by atoms with Crippen molar-refractivity contribution in [2.24, 2.45) is 5.73 Å². The lowest BCUT2D eigenvalue weighted by molar-refractivity contribution is 0.775. The van der Waals surface area contributed by atoms with Crippen molar-refractivity contribution in [2.75, 3.05) is 6.54 Å². The van der Waals surface area contributed by atoms with Gasteiger partial charge in [-0.15, -0.1) is 0 Å². The fraction of sp³-hybridized carbons (Fsp3) is 0.250. The maximum atomic E-state index is 5.64. The van der Waals surface area contributed by atoms with Gasteiger partial charge in [-0.05, 0) is 29.5 Å². The summed E-state index contributed by atoms with van der Waals surface area (Å²) in [6, 6.07) is 8.45. The minimum absolute atomic E-state index is 0.424. The monoisotopic (exact) mass is 186 g/mol. The molecule has 1 heterocycles. The Morgan fingerprint density at radius 3 is 2.93 bits per heavy atom. The lowest BCUT2D eigenvalue weighted by atomic mass is 9.99. The molecule has 0 aliphatic heterocycles. The molecule has 2 rings (SSSR count). The molecule has 1 aromatic heterocycles. The van der Waals surface area contributed by atoms with Gasteiger partial charge in [-0.2, -0.15) is 0 Å². The summed E-state index contributed by atoms with van der Waals surface area (Å²) >= 11 is 0. The van der Waals surface area contributed by atoms with Gasteiger partial charge in [0.15, 0.2) is 0 Å². The molecule has 0 aliphatic rings. The second kappa shape index (κ2) is 3.76. The van der Waals surface area contributed by atoms with Crippen molar-refractivity contribution in [3.05, 3.63) is 42.2 Å². The minimum atomic E-state index is 0.424. The highest BCUT2D eigenvalue weighted by atomic mass is 14.6. The topological polar surface area (TPSA) is 38.9 Å². The number of nitrogens with two attached hydrogens (primary N) is 1. The van der Waals surface area contributed by atoms with Gasteiger partial charge >= 0.3 is 0 Å². The summed E-state index contributed by atoms with van der Waals surface area (Å²) in [7, 11) is 0. The predicted molar refractivity (Wildman–Crippen MR) is 59.2 cm³/mol. The first-order chi connectivity index (χ1) is 6.81. The average molecular weight is 186 g/mol. The van der Waals surface area contributed by atoms with E-state index in [4.69, 9.17) is 5.73 Å². The zero-order chi connectivity index (χ0) is 9.97. The van der Waals surface area contributed by atoms with Gasteiger partial charge < -0.3 is 5.73 Å². The van der Waals surface area contributed by atoms with Crippen molar-refractivity contribution in [1.29, 1.82) is 0 Å². The summed E-state index contributed by atoms with van der Waals surface area (Å²) in [5.74, 6) is 0.424. The zero-order valence-corrected chi connectivity index (χ0v) is 8.27. The Bertz CT molecular complexity index is 437. The molecule has 2 N–H and O–H groups in total. The zero-order valence-electron chi connectivity index (χ0n) is 8.27. The van der Waals surface area contributed by atoms with Crippen molar-refractivity contribution in [1.82, 2.24) is 4.98 Å². The molecular formula is C12H14N2. The number of benzene rings is 1. The highest BCUT2D eigenvalue weighted by molar-refractivity contribution is 5.82. The predicted octanol–water partition coefficient (Wildman–Crippen LogP) is 2.30. The molecule has 0 amide bonds. The lowest BCUT2D eigenvalue weighted by Crippen LogP contribution is -2.08. The fourth-order valence-corrected chi connectivity index (χ4v) is 1.54. The number of rotatable bonds is 2. The Morgan fingerprint density at radius 2 is 2.14 bits per heavy atom. The van der Waals surface area contributed by atoms with Gasteiger partial charge in [-0.3, -0.25) is 4.98 Å². The summed E-state index contributed by atoms with van der Waals surface area (Å²) in [4.78, 5) is 4.08. The van der Waals surface area contributed by atoms with Crippen molar-refractivity contribution in [3.8, 4) is 0 Å². The van der Waals surface area contributed by atoms with E-state index in [1.807, 2.05) is 18.5 Å². The Kier molecular flexibility index (Phi) is 2.46. The Hall–Kier alpha value is -1.41. The number of pyridine rings is 1. The highest BCUT2D eigenvalue weighted by Crippen LogP contribution is 2.19. The summed E-state index contributed by atoms with van der Waals surface area (Å²) in [5, 5.41) is 2.42. The van der Waals surface area contributed by atoms with E-state index >= 15 is 0 Å². The minimum Gasteiger partial charge on any atom is -0.330 e. The third kappa shape index (κ3) is 1.61. The van der Waals surface area contributed by atoms with E-state index in [1.165, 1.54) is 16.3 Å². The normalized spacial score (nSPS) is 13.0. The summed E-state index contributed by atoms with van der Waals surface area (Å²) in [6.07, 6.45) is 3.70. The van der Waals surface area contributed by atoms with E-state index in [1.54, 1.807) is 0 Å². The quantitative estimate of drug-likeness (QED) is 0.781. The van der Waals surface area contributed by atoms with Gasteiger partial charge in [0.2, 0.25) is 0 Å². The third-order valence-electron chi connectivity index (χ3n) is 2.59. The second-order valence-electron chi connectivity index (χ2n) is 3.62. The molecule has 0 saturated carbocycles. The van der Waals surface area contributed by atoms with E-state index < -0.39 is 0 Å². The van der Waals surface area contributed by atoms with E-state index in [2.05, 4.69) is 30.1 Å². The maximum absolute atomic E-state index is 5.64. The largest absolute Gasteiger partial charge is 0.330 e. The van der Waals surface area contributed by atoms with Crippen LogP contribution in [0.4, 0.5) is 0 Å². The van der Waals surface area contributed by atoms with Crippen LogP contribution in [-0.2, 0) is 0 Å². The molecule has 2 heteroatoms. The molecule has 14 heavy (non-hydrogen) atoms. The Morgan fingerprint density at radius 1 is 1.29 bits per heavy atom. The lowest BCUT2D eigenvalue weighted by Gasteiger charge is -2.09. The molecule has 0 spiro atoms. The fourth-order valence-electron chi connectivity index (χ4n) is 1.54. The molecule has 1 atom stereocenters. The van der Waals surface area contributed by atoms with Gasteiger partial charge in [0.05, 0.1) is 0 Å². The first-order valence-electron chi connectivity index (χ1n) is 4.85. The van der Waals surface area contributed by atoms with Crippen molar-refractivity contribution in [3.63, 3.8) is 0 Å². The number of fused-ring (bicyclic) bond motifs is 1. The van der Waals surface area contributed by atoms with Crippen LogP contribution < -0.4 is 5.73 Å². The highest BCUT2D eigenvalue weighted by Gasteiger charge is 2.03. The molecule has 1 unspecified atom stereocenters. The first-order valence-corrected chi connectivity index (χ1v) is 4.85. The van der Waals surface area contributed by atoms with Crippen LogP contribution in [0.1, 0.15) is 18.4 Å². The van der Waals surface area contributed by atoms with Gasteiger partial charge in [-0.25, -0.2) is 0 Å². The van der Waals surface area contributed by atoms with Gasteiger partial charge in [0.25, 0.3) is 0 Å². The molecule has 0 saturated heterocycles. The Labute approximate surface area is 83.8 Å². The standard InChI is InChI=1S/C12H14N2/c1-9(7-13)10-2-3-12-8-14-5-4-11(12)6-10/h2-6,8-9H,7,13H2,1H3. The third-order valence-corrected chi connectivity index (χ3v) is 2.59. The SMILES string of the molecule is CC(CN)c1ccc2cnccc2c1. The Balaban J connectivity index is 2.51. The van der Waals surface area contributed by atoms with Gasteiger partial charge in [0.1, 0.15) is 0 Å². The molecular weight excluding hydrogens is 172 g/mol. The van der Waals surface area contributed by atoms with Crippen LogP contribution >= 0.6 is 0 Å². The van der Waals surface area contributed by atoms with Crippen LogP contribution in [0.5, 0.6) is 0 Å². The number of hydrogen-bond donors (Lipinski definition) is 1. The molecule has 2 aromatic rings. The molecule has 0 aliphatic carbocycles. The van der Waals surface area contributed by atoms with Gasteiger partial charge in [-0.1, -0.05) is 25.1 Å². The van der Waals surface area contributed by atoms with E-state index in [0.29, 0.717) is 12.5 Å². The molecule has 0 radical (unpaired) electrons. The van der Waals surface area contributed by atoms with Crippen LogP contribution in [0.25, 0.3) is 10.8 Å². The van der Waals surface area contributed by atoms with Crippen molar-refractivity contribution in [2.45, 2.75) is 12.8 Å².